The third-order valence-electron chi connectivity index (χ3n) is 5.69. The van der Waals surface area contributed by atoms with Crippen LogP contribution in [-0.2, 0) is 4.79 Å². The summed E-state index contributed by atoms with van der Waals surface area (Å²) in [4.78, 5) is 29.0. The highest BCUT2D eigenvalue weighted by Crippen LogP contribution is 2.34. The van der Waals surface area contributed by atoms with Crippen LogP contribution in [0.2, 0.25) is 0 Å². The number of terminal acetylenes is 1. The van der Waals surface area contributed by atoms with Crippen molar-refractivity contribution in [3.05, 3.63) is 29.8 Å². The number of nitrogens with one attached hydrogen (secondary N) is 1. The standard InChI is InChI=1S/C22H26F3N3O3/c1-4-11-28-20(30)18(14-15(2)3)26-21(28)9-12-27(13-10-21)19(29)16-5-7-17(8-6-16)31-22(23,24)25/h1,5-8,15,18,26H,9-14H2,2-3H3. The summed E-state index contributed by atoms with van der Waals surface area (Å²) in [7, 11) is 0. The van der Waals surface area contributed by atoms with Crippen molar-refractivity contribution in [3.8, 4) is 18.1 Å². The van der Waals surface area contributed by atoms with Crippen LogP contribution in [0.1, 0.15) is 43.5 Å². The fraction of sp³-hybridized carbons (Fsp3) is 0.545. The average Bonchev–Trinajstić information content (AvgIpc) is 2.93. The number of carbonyl (C=O) groups excluding carboxylic acids is 2. The largest absolute Gasteiger partial charge is 0.573 e. The van der Waals surface area contributed by atoms with Gasteiger partial charge in [0.1, 0.15) is 5.75 Å². The van der Waals surface area contributed by atoms with Gasteiger partial charge in [-0.05, 0) is 36.6 Å². The molecular formula is C22H26F3N3O3. The first-order valence-corrected chi connectivity index (χ1v) is 10.2. The van der Waals surface area contributed by atoms with Gasteiger partial charge in [0.2, 0.25) is 5.91 Å². The molecule has 2 heterocycles. The van der Waals surface area contributed by atoms with E-state index in [1.807, 2.05) is 0 Å². The zero-order valence-electron chi connectivity index (χ0n) is 17.5. The van der Waals surface area contributed by atoms with E-state index in [1.54, 1.807) is 9.80 Å². The molecule has 0 radical (unpaired) electrons. The normalized spacial score (nSPS) is 20.9. The Balaban J connectivity index is 1.67. The molecule has 1 unspecified atom stereocenters. The number of halogens is 3. The van der Waals surface area contributed by atoms with Crippen LogP contribution >= 0.6 is 0 Å². The Hall–Kier alpha value is -2.73. The van der Waals surface area contributed by atoms with Gasteiger partial charge in [-0.3, -0.25) is 14.9 Å². The van der Waals surface area contributed by atoms with Gasteiger partial charge >= 0.3 is 6.36 Å². The van der Waals surface area contributed by atoms with E-state index in [0.29, 0.717) is 38.3 Å². The Morgan fingerprint density at radius 3 is 2.42 bits per heavy atom. The minimum absolute atomic E-state index is 0.00770. The molecule has 1 aromatic rings. The molecule has 6 nitrogen and oxygen atoms in total. The Morgan fingerprint density at radius 1 is 1.29 bits per heavy atom. The van der Waals surface area contributed by atoms with Crippen molar-refractivity contribution in [2.75, 3.05) is 19.6 Å². The molecule has 2 aliphatic rings. The number of alkyl halides is 3. The van der Waals surface area contributed by atoms with Gasteiger partial charge in [-0.2, -0.15) is 0 Å². The van der Waals surface area contributed by atoms with E-state index < -0.39 is 12.0 Å². The summed E-state index contributed by atoms with van der Waals surface area (Å²) in [5.74, 6) is 2.24. The zero-order valence-corrected chi connectivity index (χ0v) is 17.5. The van der Waals surface area contributed by atoms with Gasteiger partial charge in [0.25, 0.3) is 5.91 Å². The molecule has 2 fully saturated rings. The van der Waals surface area contributed by atoms with Crippen molar-refractivity contribution in [2.24, 2.45) is 5.92 Å². The third kappa shape index (κ3) is 5.13. The quantitative estimate of drug-likeness (QED) is 0.720. The second-order valence-electron chi connectivity index (χ2n) is 8.35. The molecule has 2 saturated heterocycles. The minimum Gasteiger partial charge on any atom is -0.406 e. The highest BCUT2D eigenvalue weighted by molar-refractivity contribution is 5.94. The van der Waals surface area contributed by atoms with Crippen molar-refractivity contribution in [1.82, 2.24) is 15.1 Å². The summed E-state index contributed by atoms with van der Waals surface area (Å²) in [6.45, 7) is 5.11. The highest BCUT2D eigenvalue weighted by Gasteiger charge is 2.51. The summed E-state index contributed by atoms with van der Waals surface area (Å²) in [5, 5.41) is 3.47. The van der Waals surface area contributed by atoms with Gasteiger partial charge in [-0.15, -0.1) is 19.6 Å². The first-order chi connectivity index (χ1) is 14.5. The Bertz CT molecular complexity index is 853. The molecule has 0 aliphatic carbocycles. The van der Waals surface area contributed by atoms with Gasteiger partial charge in [-0.25, -0.2) is 0 Å². The maximum Gasteiger partial charge on any atom is 0.573 e. The number of carbonyl (C=O) groups is 2. The zero-order chi connectivity index (χ0) is 22.8. The Kier molecular flexibility index (Phi) is 6.51. The predicted octanol–water partition coefficient (Wildman–Crippen LogP) is 3.00. The first kappa shape index (κ1) is 22.9. The molecule has 1 atom stereocenters. The molecule has 31 heavy (non-hydrogen) atoms. The van der Waals surface area contributed by atoms with Crippen molar-refractivity contribution >= 4 is 11.8 Å². The number of hydrogen-bond acceptors (Lipinski definition) is 4. The van der Waals surface area contributed by atoms with Crippen molar-refractivity contribution in [1.29, 1.82) is 0 Å². The van der Waals surface area contributed by atoms with Gasteiger partial charge in [0.05, 0.1) is 18.2 Å². The van der Waals surface area contributed by atoms with Crippen LogP contribution in [-0.4, -0.2) is 59.3 Å². The number of likely N-dealkylation sites (tertiary alicyclic amines) is 1. The fourth-order valence-corrected chi connectivity index (χ4v) is 4.29. The lowest BCUT2D eigenvalue weighted by molar-refractivity contribution is -0.274. The molecule has 2 amide bonds. The molecule has 0 aromatic heterocycles. The molecule has 2 aliphatic heterocycles. The number of rotatable bonds is 5. The highest BCUT2D eigenvalue weighted by atomic mass is 19.4. The number of benzene rings is 1. The second kappa shape index (κ2) is 8.79. The number of ether oxygens (including phenoxy) is 1. The minimum atomic E-state index is -4.78. The van der Waals surface area contributed by atoms with Gasteiger partial charge in [0, 0.05) is 31.5 Å². The lowest BCUT2D eigenvalue weighted by Crippen LogP contribution is -2.59. The third-order valence-corrected chi connectivity index (χ3v) is 5.69. The molecule has 1 aromatic carbocycles. The molecule has 0 bridgehead atoms. The number of piperidine rings is 1. The molecule has 1 spiro atoms. The maximum absolute atomic E-state index is 12.9. The molecular weight excluding hydrogens is 411 g/mol. The van der Waals surface area contributed by atoms with E-state index >= 15 is 0 Å². The number of hydrogen-bond donors (Lipinski definition) is 1. The van der Waals surface area contributed by atoms with Crippen LogP contribution in [0.3, 0.4) is 0 Å². The summed E-state index contributed by atoms with van der Waals surface area (Å²) in [6, 6.07) is 4.57. The number of nitrogens with zero attached hydrogens (tertiary/aromatic N) is 2. The van der Waals surface area contributed by atoms with Crippen LogP contribution in [0, 0.1) is 18.3 Å². The summed E-state index contributed by atoms with van der Waals surface area (Å²) < 4.78 is 40.8. The van der Waals surface area contributed by atoms with Crippen molar-refractivity contribution in [3.63, 3.8) is 0 Å². The summed E-state index contributed by atoms with van der Waals surface area (Å²) >= 11 is 0. The fourth-order valence-electron chi connectivity index (χ4n) is 4.29. The van der Waals surface area contributed by atoms with Crippen LogP contribution in [0.25, 0.3) is 0 Å². The Morgan fingerprint density at radius 2 is 1.90 bits per heavy atom. The topological polar surface area (TPSA) is 61.9 Å². The average molecular weight is 437 g/mol. The van der Waals surface area contributed by atoms with Crippen LogP contribution in [0.15, 0.2) is 24.3 Å². The molecule has 3 rings (SSSR count). The molecule has 0 saturated carbocycles. The summed E-state index contributed by atoms with van der Waals surface area (Å²) in [6.07, 6.45) is 2.46. The van der Waals surface area contributed by atoms with Crippen molar-refractivity contribution < 1.29 is 27.5 Å². The van der Waals surface area contributed by atoms with E-state index in [0.717, 1.165) is 12.1 Å². The van der Waals surface area contributed by atoms with E-state index in [9.17, 15) is 22.8 Å². The number of amides is 2. The lowest BCUT2D eigenvalue weighted by atomic mass is 9.95. The van der Waals surface area contributed by atoms with Crippen LogP contribution in [0.5, 0.6) is 5.75 Å². The lowest BCUT2D eigenvalue weighted by Gasteiger charge is -2.44. The molecule has 168 valence electrons. The smallest absolute Gasteiger partial charge is 0.406 e. The van der Waals surface area contributed by atoms with Crippen LogP contribution in [0.4, 0.5) is 13.2 Å². The van der Waals surface area contributed by atoms with Crippen molar-refractivity contribution in [2.45, 2.75) is 51.2 Å². The first-order valence-electron chi connectivity index (χ1n) is 10.2. The van der Waals surface area contributed by atoms with Gasteiger partial charge in [-0.1, -0.05) is 19.8 Å². The predicted molar refractivity (Wildman–Crippen MR) is 108 cm³/mol. The van der Waals surface area contributed by atoms with Gasteiger partial charge < -0.3 is 14.5 Å². The van der Waals surface area contributed by atoms with E-state index in [-0.39, 0.29) is 35.7 Å². The Labute approximate surface area is 179 Å². The van der Waals surface area contributed by atoms with E-state index in [2.05, 4.69) is 29.8 Å². The van der Waals surface area contributed by atoms with E-state index in [1.165, 1.54) is 12.1 Å². The van der Waals surface area contributed by atoms with Gasteiger partial charge in [0.15, 0.2) is 0 Å². The summed E-state index contributed by atoms with van der Waals surface area (Å²) in [5.41, 5.74) is -0.302. The molecule has 1 N–H and O–H groups in total. The SMILES string of the molecule is C#CCN1C(=O)C(CC(C)C)NC12CCN(C(=O)c1ccc(OC(F)(F)F)cc1)CC2. The second-order valence-corrected chi connectivity index (χ2v) is 8.35. The maximum atomic E-state index is 12.9. The van der Waals surface area contributed by atoms with Crippen LogP contribution < -0.4 is 10.1 Å². The van der Waals surface area contributed by atoms with E-state index in [4.69, 9.17) is 6.42 Å². The molecule has 9 heteroatoms. The monoisotopic (exact) mass is 437 g/mol.